The van der Waals surface area contributed by atoms with Gasteiger partial charge < -0.3 is 14.6 Å². The SMILES string of the molecule is CCn1c(C)cc(C(=O)COC(=O)[C@@H]2CCC(=O)N2)c1C. The van der Waals surface area contributed by atoms with Crippen molar-refractivity contribution >= 4 is 17.7 Å². The first-order valence-corrected chi connectivity index (χ1v) is 7.10. The Morgan fingerprint density at radius 3 is 2.67 bits per heavy atom. The van der Waals surface area contributed by atoms with Gasteiger partial charge in [0.1, 0.15) is 6.04 Å². The molecular formula is C15H20N2O4. The van der Waals surface area contributed by atoms with E-state index in [1.54, 1.807) is 0 Å². The highest BCUT2D eigenvalue weighted by molar-refractivity contribution is 5.99. The van der Waals surface area contributed by atoms with Crippen molar-refractivity contribution < 1.29 is 19.1 Å². The van der Waals surface area contributed by atoms with E-state index in [1.165, 1.54) is 0 Å². The number of carbonyl (C=O) groups is 3. The summed E-state index contributed by atoms with van der Waals surface area (Å²) < 4.78 is 7.05. The Morgan fingerprint density at radius 2 is 2.14 bits per heavy atom. The van der Waals surface area contributed by atoms with Gasteiger partial charge in [-0.15, -0.1) is 0 Å². The van der Waals surface area contributed by atoms with Gasteiger partial charge in [0, 0.05) is 29.9 Å². The summed E-state index contributed by atoms with van der Waals surface area (Å²) in [6.45, 7) is 6.32. The van der Waals surface area contributed by atoms with Crippen LogP contribution in [0.1, 0.15) is 41.5 Å². The molecule has 0 radical (unpaired) electrons. The highest BCUT2D eigenvalue weighted by Gasteiger charge is 2.29. The van der Waals surface area contributed by atoms with Gasteiger partial charge in [0.25, 0.3) is 0 Å². The van der Waals surface area contributed by atoms with Crippen molar-refractivity contribution in [3.8, 4) is 0 Å². The van der Waals surface area contributed by atoms with Crippen molar-refractivity contribution in [1.29, 1.82) is 0 Å². The van der Waals surface area contributed by atoms with Crippen molar-refractivity contribution in [3.05, 3.63) is 23.0 Å². The van der Waals surface area contributed by atoms with Crippen LogP contribution >= 0.6 is 0 Å². The maximum Gasteiger partial charge on any atom is 0.329 e. The smallest absolute Gasteiger partial charge is 0.329 e. The molecule has 0 saturated carbocycles. The van der Waals surface area contributed by atoms with Gasteiger partial charge in [-0.3, -0.25) is 9.59 Å². The number of Topliss-reactive ketones (excluding diaryl/α,β-unsaturated/α-hetero) is 1. The molecule has 0 bridgehead atoms. The Labute approximate surface area is 123 Å². The molecule has 1 amide bonds. The van der Waals surface area contributed by atoms with Crippen LogP contribution in [0.25, 0.3) is 0 Å². The Kier molecular flexibility index (Phi) is 4.45. The Morgan fingerprint density at radius 1 is 1.43 bits per heavy atom. The van der Waals surface area contributed by atoms with Gasteiger partial charge in [-0.25, -0.2) is 4.79 Å². The van der Waals surface area contributed by atoms with Gasteiger partial charge in [-0.2, -0.15) is 0 Å². The fraction of sp³-hybridized carbons (Fsp3) is 0.533. The minimum Gasteiger partial charge on any atom is -0.456 e. The predicted octanol–water partition coefficient (Wildman–Crippen LogP) is 1.13. The van der Waals surface area contributed by atoms with Crippen LogP contribution in [0, 0.1) is 13.8 Å². The monoisotopic (exact) mass is 292 g/mol. The fourth-order valence-corrected chi connectivity index (χ4v) is 2.68. The molecule has 0 spiro atoms. The summed E-state index contributed by atoms with van der Waals surface area (Å²) in [5.74, 6) is -0.922. The lowest BCUT2D eigenvalue weighted by atomic mass is 10.1. The number of hydrogen-bond acceptors (Lipinski definition) is 4. The zero-order valence-electron chi connectivity index (χ0n) is 12.6. The summed E-state index contributed by atoms with van der Waals surface area (Å²) in [5.41, 5.74) is 2.47. The van der Waals surface area contributed by atoms with Gasteiger partial charge >= 0.3 is 5.97 Å². The van der Waals surface area contributed by atoms with E-state index in [0.29, 0.717) is 18.4 Å². The molecule has 1 saturated heterocycles. The molecule has 1 aromatic rings. The van der Waals surface area contributed by atoms with E-state index in [-0.39, 0.29) is 18.3 Å². The number of aromatic nitrogens is 1. The van der Waals surface area contributed by atoms with Crippen molar-refractivity contribution in [3.63, 3.8) is 0 Å². The average molecular weight is 292 g/mol. The van der Waals surface area contributed by atoms with Crippen LogP contribution in [0.2, 0.25) is 0 Å². The zero-order chi connectivity index (χ0) is 15.6. The maximum atomic E-state index is 12.2. The topological polar surface area (TPSA) is 77.4 Å². The molecule has 0 aliphatic carbocycles. The molecule has 1 N–H and O–H groups in total. The summed E-state index contributed by atoms with van der Waals surface area (Å²) in [4.78, 5) is 34.9. The van der Waals surface area contributed by atoms with Gasteiger partial charge in [0.2, 0.25) is 11.7 Å². The lowest BCUT2D eigenvalue weighted by Gasteiger charge is -2.10. The first kappa shape index (κ1) is 15.3. The molecule has 2 rings (SSSR count). The third kappa shape index (κ3) is 3.15. The average Bonchev–Trinajstić information content (AvgIpc) is 3.00. The van der Waals surface area contributed by atoms with Crippen molar-refractivity contribution in [1.82, 2.24) is 9.88 Å². The van der Waals surface area contributed by atoms with E-state index in [4.69, 9.17) is 4.74 Å². The summed E-state index contributed by atoms with van der Waals surface area (Å²) in [7, 11) is 0. The van der Waals surface area contributed by atoms with Gasteiger partial charge in [0.15, 0.2) is 6.61 Å². The second kappa shape index (κ2) is 6.11. The maximum absolute atomic E-state index is 12.2. The Balaban J connectivity index is 1.96. The number of esters is 1. The third-order valence-electron chi connectivity index (χ3n) is 3.82. The Hall–Kier alpha value is -2.11. The number of rotatable bonds is 5. The second-order valence-corrected chi connectivity index (χ2v) is 5.22. The summed E-state index contributed by atoms with van der Waals surface area (Å²) in [5, 5.41) is 2.52. The zero-order valence-corrected chi connectivity index (χ0v) is 12.6. The first-order chi connectivity index (χ1) is 9.93. The standard InChI is InChI=1S/C15H20N2O4/c1-4-17-9(2)7-11(10(17)3)13(18)8-21-15(20)12-5-6-14(19)16-12/h7,12H,4-6,8H2,1-3H3,(H,16,19)/t12-/m0/s1. The molecule has 2 heterocycles. The molecule has 6 heteroatoms. The van der Waals surface area contributed by atoms with E-state index < -0.39 is 12.0 Å². The number of carbonyl (C=O) groups excluding carboxylic acids is 3. The number of ketones is 1. The third-order valence-corrected chi connectivity index (χ3v) is 3.82. The molecule has 0 unspecified atom stereocenters. The van der Waals surface area contributed by atoms with E-state index in [1.807, 2.05) is 31.4 Å². The minimum atomic E-state index is -0.617. The molecular weight excluding hydrogens is 272 g/mol. The number of hydrogen-bond donors (Lipinski definition) is 1. The lowest BCUT2D eigenvalue weighted by molar-refractivity contribution is -0.145. The van der Waals surface area contributed by atoms with E-state index in [9.17, 15) is 14.4 Å². The molecule has 1 aliphatic heterocycles. The Bertz CT molecular complexity index is 589. The second-order valence-electron chi connectivity index (χ2n) is 5.22. The minimum absolute atomic E-state index is 0.158. The van der Waals surface area contributed by atoms with E-state index >= 15 is 0 Å². The number of ether oxygens (including phenoxy) is 1. The number of amides is 1. The molecule has 1 aliphatic rings. The molecule has 21 heavy (non-hydrogen) atoms. The van der Waals surface area contributed by atoms with Crippen LogP contribution in [-0.2, 0) is 20.9 Å². The molecule has 1 atom stereocenters. The summed E-state index contributed by atoms with van der Waals surface area (Å²) >= 11 is 0. The van der Waals surface area contributed by atoms with Crippen molar-refractivity contribution in [2.24, 2.45) is 0 Å². The van der Waals surface area contributed by atoms with E-state index in [2.05, 4.69) is 5.32 Å². The van der Waals surface area contributed by atoms with Crippen LogP contribution in [0.4, 0.5) is 0 Å². The van der Waals surface area contributed by atoms with Crippen LogP contribution in [0.15, 0.2) is 6.07 Å². The van der Waals surface area contributed by atoms with Crippen LogP contribution in [0.5, 0.6) is 0 Å². The van der Waals surface area contributed by atoms with E-state index in [0.717, 1.165) is 17.9 Å². The van der Waals surface area contributed by atoms with Crippen molar-refractivity contribution in [2.45, 2.75) is 46.2 Å². The van der Waals surface area contributed by atoms with Crippen LogP contribution < -0.4 is 5.32 Å². The normalized spacial score (nSPS) is 17.7. The number of nitrogens with zero attached hydrogens (tertiary/aromatic N) is 1. The summed E-state index contributed by atoms with van der Waals surface area (Å²) in [6, 6.07) is 1.19. The largest absolute Gasteiger partial charge is 0.456 e. The van der Waals surface area contributed by atoms with Gasteiger partial charge in [0.05, 0.1) is 0 Å². The molecule has 114 valence electrons. The van der Waals surface area contributed by atoms with Crippen LogP contribution in [0.3, 0.4) is 0 Å². The van der Waals surface area contributed by atoms with Gasteiger partial charge in [-0.1, -0.05) is 0 Å². The first-order valence-electron chi connectivity index (χ1n) is 7.10. The molecule has 1 fully saturated rings. The van der Waals surface area contributed by atoms with Crippen LogP contribution in [-0.4, -0.2) is 34.9 Å². The molecule has 0 aromatic carbocycles. The van der Waals surface area contributed by atoms with Crippen molar-refractivity contribution in [2.75, 3.05) is 6.61 Å². The highest BCUT2D eigenvalue weighted by atomic mass is 16.5. The number of aryl methyl sites for hydroxylation is 1. The fourth-order valence-electron chi connectivity index (χ4n) is 2.68. The van der Waals surface area contributed by atoms with Gasteiger partial charge in [-0.05, 0) is 33.3 Å². The summed E-state index contributed by atoms with van der Waals surface area (Å²) in [6.07, 6.45) is 0.752. The quantitative estimate of drug-likeness (QED) is 0.652. The molecule has 1 aromatic heterocycles. The highest BCUT2D eigenvalue weighted by Crippen LogP contribution is 2.16. The lowest BCUT2D eigenvalue weighted by Crippen LogP contribution is -2.35. The predicted molar refractivity (Wildman–Crippen MR) is 76.0 cm³/mol. The molecule has 6 nitrogen and oxygen atoms in total. The number of nitrogens with one attached hydrogen (secondary N) is 1.